The van der Waals surface area contributed by atoms with Crippen molar-refractivity contribution < 1.29 is 19.1 Å². The van der Waals surface area contributed by atoms with E-state index in [1.807, 2.05) is 0 Å². The molecular weight excluding hydrogens is 320 g/mol. The lowest BCUT2D eigenvalue weighted by molar-refractivity contribution is 0.0998. The summed E-state index contributed by atoms with van der Waals surface area (Å²) in [4.78, 5) is 23.4. The van der Waals surface area contributed by atoms with Crippen LogP contribution in [0.15, 0.2) is 42.5 Å². The van der Waals surface area contributed by atoms with Gasteiger partial charge in [0.25, 0.3) is 5.91 Å². The first-order chi connectivity index (χ1) is 12.0. The summed E-state index contributed by atoms with van der Waals surface area (Å²) in [5, 5.41) is 2.76. The molecule has 0 spiro atoms. The number of carbonyl (C=O) groups excluding carboxylic acids is 2. The van der Waals surface area contributed by atoms with Crippen LogP contribution in [0.1, 0.15) is 40.5 Å². The molecule has 0 aliphatic rings. The topological polar surface area (TPSA) is 90.6 Å². The van der Waals surface area contributed by atoms with E-state index in [9.17, 15) is 9.59 Å². The van der Waals surface area contributed by atoms with Gasteiger partial charge in [-0.1, -0.05) is 13.3 Å². The summed E-state index contributed by atoms with van der Waals surface area (Å²) in [6.45, 7) is 2.69. The standard InChI is InChI=1S/C19H22N2O4/c1-3-4-11-25-16-10-7-14(12-17(16)24-2)19(23)21-15-8-5-13(6-9-15)18(20)22/h5-10,12H,3-4,11H2,1-2H3,(H2,20,22)(H,21,23). The van der Waals surface area contributed by atoms with E-state index in [4.69, 9.17) is 15.2 Å². The van der Waals surface area contributed by atoms with Crippen LogP contribution >= 0.6 is 0 Å². The number of methoxy groups -OCH3 is 1. The van der Waals surface area contributed by atoms with Crippen LogP contribution in [-0.2, 0) is 0 Å². The average molecular weight is 342 g/mol. The highest BCUT2D eigenvalue weighted by atomic mass is 16.5. The van der Waals surface area contributed by atoms with Crippen molar-refractivity contribution in [2.75, 3.05) is 19.0 Å². The number of anilines is 1. The molecule has 2 rings (SSSR count). The fourth-order valence-corrected chi connectivity index (χ4v) is 2.18. The van der Waals surface area contributed by atoms with Crippen LogP contribution in [0.25, 0.3) is 0 Å². The Bertz CT molecular complexity index is 742. The maximum absolute atomic E-state index is 12.4. The van der Waals surface area contributed by atoms with Crippen molar-refractivity contribution in [3.63, 3.8) is 0 Å². The first-order valence-corrected chi connectivity index (χ1v) is 8.07. The van der Waals surface area contributed by atoms with Gasteiger partial charge in [0, 0.05) is 16.8 Å². The number of benzene rings is 2. The van der Waals surface area contributed by atoms with E-state index in [0.29, 0.717) is 34.9 Å². The molecule has 0 aromatic heterocycles. The molecule has 3 N–H and O–H groups in total. The van der Waals surface area contributed by atoms with Crippen LogP contribution in [0, 0.1) is 0 Å². The van der Waals surface area contributed by atoms with Gasteiger partial charge in [-0.3, -0.25) is 9.59 Å². The van der Waals surface area contributed by atoms with Gasteiger partial charge in [0.1, 0.15) is 0 Å². The van der Waals surface area contributed by atoms with Gasteiger partial charge in [-0.2, -0.15) is 0 Å². The van der Waals surface area contributed by atoms with E-state index < -0.39 is 5.91 Å². The van der Waals surface area contributed by atoms with Crippen LogP contribution in [0.4, 0.5) is 5.69 Å². The van der Waals surface area contributed by atoms with Gasteiger partial charge < -0.3 is 20.5 Å². The minimum Gasteiger partial charge on any atom is -0.493 e. The number of nitrogens with two attached hydrogens (primary N) is 1. The molecule has 0 bridgehead atoms. The molecule has 0 fully saturated rings. The largest absolute Gasteiger partial charge is 0.493 e. The summed E-state index contributed by atoms with van der Waals surface area (Å²) in [6.07, 6.45) is 1.99. The predicted octanol–water partition coefficient (Wildman–Crippen LogP) is 3.23. The summed E-state index contributed by atoms with van der Waals surface area (Å²) in [6, 6.07) is 11.4. The van der Waals surface area contributed by atoms with Crippen molar-refractivity contribution in [3.8, 4) is 11.5 Å². The Kier molecular flexibility index (Phi) is 6.39. The molecule has 0 aliphatic heterocycles. The van der Waals surface area contributed by atoms with Crippen molar-refractivity contribution in [1.29, 1.82) is 0 Å². The Labute approximate surface area is 146 Å². The lowest BCUT2D eigenvalue weighted by Gasteiger charge is -2.12. The Morgan fingerprint density at radius 2 is 1.72 bits per heavy atom. The van der Waals surface area contributed by atoms with Crippen molar-refractivity contribution in [1.82, 2.24) is 0 Å². The van der Waals surface area contributed by atoms with E-state index in [0.717, 1.165) is 12.8 Å². The van der Waals surface area contributed by atoms with Gasteiger partial charge in [-0.15, -0.1) is 0 Å². The van der Waals surface area contributed by atoms with Crippen molar-refractivity contribution >= 4 is 17.5 Å². The molecule has 2 aromatic carbocycles. The Morgan fingerprint density at radius 1 is 1.04 bits per heavy atom. The molecule has 2 amide bonds. The predicted molar refractivity (Wildman–Crippen MR) is 96.3 cm³/mol. The fraction of sp³-hybridized carbons (Fsp3) is 0.263. The normalized spacial score (nSPS) is 10.2. The third-order valence-corrected chi connectivity index (χ3v) is 3.61. The number of ether oxygens (including phenoxy) is 2. The van der Waals surface area contributed by atoms with Gasteiger partial charge in [-0.05, 0) is 48.9 Å². The lowest BCUT2D eigenvalue weighted by atomic mass is 10.1. The summed E-state index contributed by atoms with van der Waals surface area (Å²) in [5.74, 6) is 0.317. The SMILES string of the molecule is CCCCOc1ccc(C(=O)Nc2ccc(C(N)=O)cc2)cc1OC. The van der Waals surface area contributed by atoms with Crippen LogP contribution < -0.4 is 20.5 Å². The quantitative estimate of drug-likeness (QED) is 0.721. The highest BCUT2D eigenvalue weighted by Crippen LogP contribution is 2.28. The Hall–Kier alpha value is -3.02. The zero-order valence-corrected chi connectivity index (χ0v) is 14.4. The highest BCUT2D eigenvalue weighted by molar-refractivity contribution is 6.05. The van der Waals surface area contributed by atoms with E-state index in [1.165, 1.54) is 7.11 Å². The molecule has 0 radical (unpaired) electrons. The number of rotatable bonds is 8. The van der Waals surface area contributed by atoms with Crippen LogP contribution in [0.5, 0.6) is 11.5 Å². The van der Waals surface area contributed by atoms with Crippen LogP contribution in [-0.4, -0.2) is 25.5 Å². The molecule has 0 saturated heterocycles. The summed E-state index contributed by atoms with van der Waals surface area (Å²) < 4.78 is 11.0. The molecule has 0 heterocycles. The summed E-state index contributed by atoms with van der Waals surface area (Å²) in [7, 11) is 1.53. The number of primary amides is 1. The molecule has 0 atom stereocenters. The van der Waals surface area contributed by atoms with E-state index >= 15 is 0 Å². The second-order valence-electron chi connectivity index (χ2n) is 5.46. The molecule has 0 aliphatic carbocycles. The van der Waals surface area contributed by atoms with Gasteiger partial charge in [0.15, 0.2) is 11.5 Å². The van der Waals surface area contributed by atoms with E-state index in [2.05, 4.69) is 12.2 Å². The molecule has 25 heavy (non-hydrogen) atoms. The molecule has 0 saturated carbocycles. The number of carbonyl (C=O) groups is 2. The number of amides is 2. The number of nitrogens with one attached hydrogen (secondary N) is 1. The van der Waals surface area contributed by atoms with Crippen molar-refractivity contribution in [3.05, 3.63) is 53.6 Å². The van der Waals surface area contributed by atoms with Crippen LogP contribution in [0.3, 0.4) is 0 Å². The smallest absolute Gasteiger partial charge is 0.255 e. The molecular formula is C19H22N2O4. The third kappa shape index (κ3) is 4.97. The van der Waals surface area contributed by atoms with E-state index in [-0.39, 0.29) is 5.91 Å². The third-order valence-electron chi connectivity index (χ3n) is 3.61. The van der Waals surface area contributed by atoms with Gasteiger partial charge in [0.2, 0.25) is 5.91 Å². The lowest BCUT2D eigenvalue weighted by Crippen LogP contribution is -2.13. The first-order valence-electron chi connectivity index (χ1n) is 8.07. The average Bonchev–Trinajstić information content (AvgIpc) is 2.62. The summed E-state index contributed by atoms with van der Waals surface area (Å²) in [5.41, 5.74) is 6.59. The van der Waals surface area contributed by atoms with Crippen molar-refractivity contribution in [2.45, 2.75) is 19.8 Å². The monoisotopic (exact) mass is 342 g/mol. The molecule has 132 valence electrons. The van der Waals surface area contributed by atoms with Crippen molar-refractivity contribution in [2.24, 2.45) is 5.73 Å². The van der Waals surface area contributed by atoms with Gasteiger partial charge >= 0.3 is 0 Å². The molecule has 6 nitrogen and oxygen atoms in total. The number of hydrogen-bond donors (Lipinski definition) is 2. The maximum Gasteiger partial charge on any atom is 0.255 e. The first kappa shape index (κ1) is 18.3. The molecule has 0 unspecified atom stereocenters. The van der Waals surface area contributed by atoms with Crippen LogP contribution in [0.2, 0.25) is 0 Å². The maximum atomic E-state index is 12.4. The number of unbranched alkanes of at least 4 members (excludes halogenated alkanes) is 1. The number of hydrogen-bond acceptors (Lipinski definition) is 4. The fourth-order valence-electron chi connectivity index (χ4n) is 2.18. The second kappa shape index (κ2) is 8.73. The zero-order chi connectivity index (χ0) is 18.2. The van der Waals surface area contributed by atoms with Gasteiger partial charge in [-0.25, -0.2) is 0 Å². The highest BCUT2D eigenvalue weighted by Gasteiger charge is 2.12. The second-order valence-corrected chi connectivity index (χ2v) is 5.46. The molecule has 6 heteroatoms. The summed E-state index contributed by atoms with van der Waals surface area (Å²) >= 11 is 0. The van der Waals surface area contributed by atoms with Gasteiger partial charge in [0.05, 0.1) is 13.7 Å². The minimum atomic E-state index is -0.513. The minimum absolute atomic E-state index is 0.287. The zero-order valence-electron chi connectivity index (χ0n) is 14.4. The van der Waals surface area contributed by atoms with E-state index in [1.54, 1.807) is 42.5 Å². The Balaban J connectivity index is 2.09. The molecule has 2 aromatic rings. The Morgan fingerprint density at radius 3 is 2.32 bits per heavy atom.